The second-order valence-corrected chi connectivity index (χ2v) is 7.96. The van der Waals surface area contributed by atoms with Crippen LogP contribution in [0.1, 0.15) is 60.1 Å². The SMILES string of the molecule is CCC(C(=O)c1sc(C(=O)NCCNC(=O)CN)c(C)c1C(=O)OC)c1ccc(F)cc1. The van der Waals surface area contributed by atoms with Gasteiger partial charge in [-0.1, -0.05) is 19.1 Å². The van der Waals surface area contributed by atoms with Gasteiger partial charge in [-0.25, -0.2) is 9.18 Å². The molecule has 0 spiro atoms. The predicted molar refractivity (Wildman–Crippen MR) is 119 cm³/mol. The lowest BCUT2D eigenvalue weighted by Crippen LogP contribution is -2.37. The number of Topliss-reactive ketones (excluding diaryl/α,β-unsaturated/α-hetero) is 1. The highest BCUT2D eigenvalue weighted by molar-refractivity contribution is 7.16. The monoisotopic (exact) mass is 463 g/mol. The minimum atomic E-state index is -0.717. The third-order valence-corrected chi connectivity index (χ3v) is 6.19. The molecular formula is C22H26FN3O5S. The van der Waals surface area contributed by atoms with Crippen LogP contribution in [-0.2, 0) is 9.53 Å². The molecule has 1 atom stereocenters. The number of carbonyl (C=O) groups is 4. The Balaban J connectivity index is 2.34. The van der Waals surface area contributed by atoms with Gasteiger partial charge in [0.2, 0.25) is 5.91 Å². The van der Waals surface area contributed by atoms with E-state index in [-0.39, 0.29) is 46.6 Å². The molecule has 0 bridgehead atoms. The number of ether oxygens (including phenoxy) is 1. The number of ketones is 1. The molecule has 1 heterocycles. The van der Waals surface area contributed by atoms with Crippen LogP contribution >= 0.6 is 11.3 Å². The van der Waals surface area contributed by atoms with Crippen molar-refractivity contribution >= 4 is 34.9 Å². The van der Waals surface area contributed by atoms with Crippen molar-refractivity contribution in [3.8, 4) is 0 Å². The molecule has 4 N–H and O–H groups in total. The highest BCUT2D eigenvalue weighted by Crippen LogP contribution is 2.34. The van der Waals surface area contributed by atoms with Gasteiger partial charge in [0.1, 0.15) is 5.82 Å². The van der Waals surface area contributed by atoms with Crippen LogP contribution in [0, 0.1) is 12.7 Å². The molecule has 0 aliphatic carbocycles. The number of halogens is 1. The first-order valence-electron chi connectivity index (χ1n) is 10.0. The Bertz CT molecular complexity index is 1000. The van der Waals surface area contributed by atoms with E-state index in [2.05, 4.69) is 10.6 Å². The number of benzene rings is 1. The summed E-state index contributed by atoms with van der Waals surface area (Å²) in [6.07, 6.45) is 0.421. The van der Waals surface area contributed by atoms with Crippen LogP contribution in [0.4, 0.5) is 4.39 Å². The molecule has 0 aliphatic heterocycles. The van der Waals surface area contributed by atoms with Crippen molar-refractivity contribution in [3.63, 3.8) is 0 Å². The number of methoxy groups -OCH3 is 1. The summed E-state index contributed by atoms with van der Waals surface area (Å²) in [5.74, 6) is -2.92. The molecule has 0 fully saturated rings. The minimum Gasteiger partial charge on any atom is -0.465 e. The second kappa shape index (κ2) is 11.5. The molecule has 172 valence electrons. The molecule has 2 rings (SSSR count). The van der Waals surface area contributed by atoms with Crippen molar-refractivity contribution in [1.29, 1.82) is 0 Å². The molecule has 0 aliphatic rings. The van der Waals surface area contributed by atoms with Gasteiger partial charge in [0.05, 0.1) is 29.0 Å². The lowest BCUT2D eigenvalue weighted by molar-refractivity contribution is -0.119. The van der Waals surface area contributed by atoms with Crippen molar-refractivity contribution in [1.82, 2.24) is 10.6 Å². The van der Waals surface area contributed by atoms with E-state index >= 15 is 0 Å². The summed E-state index contributed by atoms with van der Waals surface area (Å²) < 4.78 is 18.2. The van der Waals surface area contributed by atoms with Crippen LogP contribution < -0.4 is 16.4 Å². The van der Waals surface area contributed by atoms with E-state index in [0.29, 0.717) is 17.5 Å². The number of hydrogen-bond acceptors (Lipinski definition) is 7. The summed E-state index contributed by atoms with van der Waals surface area (Å²) in [5, 5.41) is 5.18. The van der Waals surface area contributed by atoms with Gasteiger partial charge in [-0.3, -0.25) is 14.4 Å². The Hall–Kier alpha value is -3.11. The Morgan fingerprint density at radius 3 is 2.28 bits per heavy atom. The van der Waals surface area contributed by atoms with Crippen LogP contribution in [-0.4, -0.2) is 50.3 Å². The fourth-order valence-electron chi connectivity index (χ4n) is 3.21. The number of nitrogens with one attached hydrogen (secondary N) is 2. The maximum absolute atomic E-state index is 13.4. The maximum Gasteiger partial charge on any atom is 0.339 e. The summed E-state index contributed by atoms with van der Waals surface area (Å²) in [6.45, 7) is 3.56. The van der Waals surface area contributed by atoms with Gasteiger partial charge in [0.15, 0.2) is 5.78 Å². The number of nitrogens with two attached hydrogens (primary N) is 1. The second-order valence-electron chi connectivity index (χ2n) is 6.94. The zero-order chi connectivity index (χ0) is 23.8. The first-order chi connectivity index (χ1) is 15.2. The lowest BCUT2D eigenvalue weighted by atomic mass is 9.90. The van der Waals surface area contributed by atoms with Gasteiger partial charge in [-0.2, -0.15) is 0 Å². The highest BCUT2D eigenvalue weighted by atomic mass is 32.1. The molecule has 0 saturated heterocycles. The van der Waals surface area contributed by atoms with Crippen molar-refractivity contribution in [2.45, 2.75) is 26.2 Å². The zero-order valence-corrected chi connectivity index (χ0v) is 18.9. The third-order valence-electron chi connectivity index (χ3n) is 4.88. The number of esters is 1. The molecule has 32 heavy (non-hydrogen) atoms. The molecule has 2 amide bonds. The van der Waals surface area contributed by atoms with Gasteiger partial charge in [0, 0.05) is 19.0 Å². The first kappa shape index (κ1) is 25.2. The van der Waals surface area contributed by atoms with E-state index in [1.165, 1.54) is 31.4 Å². The number of rotatable bonds is 10. The van der Waals surface area contributed by atoms with E-state index in [1.807, 2.05) is 6.92 Å². The minimum absolute atomic E-state index is 0.0460. The Morgan fingerprint density at radius 2 is 1.72 bits per heavy atom. The number of amides is 2. The molecular weight excluding hydrogens is 437 g/mol. The van der Waals surface area contributed by atoms with Crippen LogP contribution in [0.2, 0.25) is 0 Å². The highest BCUT2D eigenvalue weighted by Gasteiger charge is 2.32. The number of thiophene rings is 1. The van der Waals surface area contributed by atoms with Crippen molar-refractivity contribution in [3.05, 3.63) is 56.5 Å². The zero-order valence-electron chi connectivity index (χ0n) is 18.1. The van der Waals surface area contributed by atoms with E-state index < -0.39 is 23.6 Å². The topological polar surface area (TPSA) is 128 Å². The fraction of sp³-hybridized carbons (Fsp3) is 0.364. The predicted octanol–water partition coefficient (Wildman–Crippen LogP) is 2.16. The van der Waals surface area contributed by atoms with E-state index in [1.54, 1.807) is 6.92 Å². The summed E-state index contributed by atoms with van der Waals surface area (Å²) >= 11 is 0.913. The Morgan fingerprint density at radius 1 is 1.09 bits per heavy atom. The fourth-order valence-corrected chi connectivity index (χ4v) is 4.41. The molecule has 2 aromatic rings. The van der Waals surface area contributed by atoms with Gasteiger partial charge >= 0.3 is 5.97 Å². The van der Waals surface area contributed by atoms with Gasteiger partial charge in [-0.15, -0.1) is 11.3 Å². The lowest BCUT2D eigenvalue weighted by Gasteiger charge is -2.14. The van der Waals surface area contributed by atoms with E-state index in [9.17, 15) is 23.6 Å². The average molecular weight is 464 g/mol. The third kappa shape index (κ3) is 5.77. The molecule has 8 nitrogen and oxygen atoms in total. The standard InChI is InChI=1S/C22H26FN3O5S/c1-4-15(13-5-7-14(23)8-6-13)18(28)20-17(22(30)31-3)12(2)19(32-20)21(29)26-10-9-25-16(27)11-24/h5-8,15H,4,9-11,24H2,1-3H3,(H,25,27)(H,26,29). The molecule has 0 saturated carbocycles. The largest absolute Gasteiger partial charge is 0.465 e. The van der Waals surface area contributed by atoms with E-state index in [4.69, 9.17) is 10.5 Å². The molecule has 1 unspecified atom stereocenters. The van der Waals surface area contributed by atoms with Crippen LogP contribution in [0.5, 0.6) is 0 Å². The average Bonchev–Trinajstić information content (AvgIpc) is 3.14. The molecule has 0 radical (unpaired) electrons. The number of carbonyl (C=O) groups excluding carboxylic acids is 4. The molecule has 1 aromatic carbocycles. The van der Waals surface area contributed by atoms with Crippen molar-refractivity contribution < 1.29 is 28.3 Å². The van der Waals surface area contributed by atoms with Gasteiger partial charge in [-0.05, 0) is 36.6 Å². The first-order valence-corrected chi connectivity index (χ1v) is 10.8. The summed E-state index contributed by atoms with van der Waals surface area (Å²) in [5.41, 5.74) is 6.20. The molecule has 1 aromatic heterocycles. The van der Waals surface area contributed by atoms with E-state index in [0.717, 1.165) is 11.3 Å². The number of hydrogen-bond donors (Lipinski definition) is 3. The normalized spacial score (nSPS) is 11.5. The Kier molecular flexibility index (Phi) is 9.03. The summed E-state index contributed by atoms with van der Waals surface area (Å²) in [7, 11) is 1.20. The van der Waals surface area contributed by atoms with Crippen molar-refractivity contribution in [2.24, 2.45) is 5.73 Å². The molecule has 10 heteroatoms. The smallest absolute Gasteiger partial charge is 0.339 e. The van der Waals surface area contributed by atoms with Gasteiger partial charge < -0.3 is 21.1 Å². The quantitative estimate of drug-likeness (QED) is 0.281. The summed E-state index contributed by atoms with van der Waals surface area (Å²) in [6, 6.07) is 5.61. The Labute approximate surface area is 189 Å². The summed E-state index contributed by atoms with van der Waals surface area (Å²) in [4.78, 5) is 50.0. The van der Waals surface area contributed by atoms with Crippen molar-refractivity contribution in [2.75, 3.05) is 26.7 Å². The van der Waals surface area contributed by atoms with Gasteiger partial charge in [0.25, 0.3) is 5.91 Å². The van der Waals surface area contributed by atoms with Crippen LogP contribution in [0.3, 0.4) is 0 Å². The van der Waals surface area contributed by atoms with Crippen LogP contribution in [0.25, 0.3) is 0 Å². The maximum atomic E-state index is 13.4. The van der Waals surface area contributed by atoms with Crippen LogP contribution in [0.15, 0.2) is 24.3 Å².